The van der Waals surface area contributed by atoms with Crippen molar-refractivity contribution in [2.24, 2.45) is 0 Å². The van der Waals surface area contributed by atoms with Crippen molar-refractivity contribution in [2.75, 3.05) is 0 Å². The van der Waals surface area contributed by atoms with Crippen molar-refractivity contribution in [1.29, 1.82) is 5.26 Å². The highest BCUT2D eigenvalue weighted by molar-refractivity contribution is 6.30. The van der Waals surface area contributed by atoms with E-state index in [0.29, 0.717) is 17.3 Å². The maximum atomic E-state index is 8.95. The minimum atomic E-state index is 0.337. The molecule has 2 aromatic rings. The molecule has 4 nitrogen and oxygen atoms in total. The quantitative estimate of drug-likeness (QED) is 0.799. The van der Waals surface area contributed by atoms with E-state index in [2.05, 4.69) is 10.3 Å². The average Bonchev–Trinajstić information content (AvgIpc) is 2.73. The summed E-state index contributed by atoms with van der Waals surface area (Å²) in [6, 6.07) is 9.31. The largest absolute Gasteiger partial charge is 0.244 e. The Hall–Kier alpha value is -1.86. The first kappa shape index (κ1) is 10.7. The number of nitrogens with zero attached hydrogens (tertiary/aromatic N) is 4. The predicted octanol–water partition coefficient (Wildman–Crippen LogP) is 2.49. The van der Waals surface area contributed by atoms with E-state index in [1.54, 1.807) is 16.8 Å². The van der Waals surface area contributed by atoms with Gasteiger partial charge in [-0.05, 0) is 19.1 Å². The van der Waals surface area contributed by atoms with Crippen LogP contribution in [0.15, 0.2) is 24.3 Å². The summed E-state index contributed by atoms with van der Waals surface area (Å²) < 4.78 is 1.70. The number of hydrogen-bond acceptors (Lipinski definition) is 3. The lowest BCUT2D eigenvalue weighted by Crippen LogP contribution is -1.99. The molecule has 1 heterocycles. The van der Waals surface area contributed by atoms with E-state index < -0.39 is 0 Å². The van der Waals surface area contributed by atoms with Crippen molar-refractivity contribution >= 4 is 11.6 Å². The number of aromatic nitrogens is 3. The molecule has 0 spiro atoms. The number of rotatable bonds is 2. The number of benzene rings is 1. The highest BCUT2D eigenvalue weighted by Gasteiger charge is 2.13. The second kappa shape index (κ2) is 4.33. The molecule has 16 heavy (non-hydrogen) atoms. The van der Waals surface area contributed by atoms with Gasteiger partial charge < -0.3 is 0 Å². The summed E-state index contributed by atoms with van der Waals surface area (Å²) in [5.74, 6) is 0. The Morgan fingerprint density at radius 3 is 2.62 bits per heavy atom. The molecule has 0 amide bonds. The Labute approximate surface area is 98.1 Å². The summed E-state index contributed by atoms with van der Waals surface area (Å²) >= 11 is 5.82. The van der Waals surface area contributed by atoms with E-state index in [-0.39, 0.29) is 0 Å². The van der Waals surface area contributed by atoms with Gasteiger partial charge in [0.05, 0.1) is 0 Å². The molecule has 0 bridgehead atoms. The first-order valence-electron chi connectivity index (χ1n) is 4.85. The smallest absolute Gasteiger partial charge is 0.190 e. The van der Waals surface area contributed by atoms with Crippen LogP contribution in [0.25, 0.3) is 11.3 Å². The van der Waals surface area contributed by atoms with Gasteiger partial charge in [0.25, 0.3) is 0 Å². The molecule has 0 atom stereocenters. The molecule has 0 radical (unpaired) electrons. The lowest BCUT2D eigenvalue weighted by molar-refractivity contribution is 0.632. The molecule has 1 aromatic heterocycles. The van der Waals surface area contributed by atoms with Gasteiger partial charge in [-0.2, -0.15) is 5.26 Å². The molecule has 0 saturated heterocycles. The third-order valence-electron chi connectivity index (χ3n) is 2.26. The average molecular weight is 233 g/mol. The number of hydrogen-bond donors (Lipinski definition) is 0. The van der Waals surface area contributed by atoms with Crippen LogP contribution in [0.3, 0.4) is 0 Å². The highest BCUT2D eigenvalue weighted by atomic mass is 35.5. The Morgan fingerprint density at radius 1 is 1.38 bits per heavy atom. The van der Waals surface area contributed by atoms with Gasteiger partial charge in [-0.1, -0.05) is 28.9 Å². The molecule has 80 valence electrons. The van der Waals surface area contributed by atoms with E-state index in [1.807, 2.05) is 25.1 Å². The van der Waals surface area contributed by atoms with E-state index in [4.69, 9.17) is 16.9 Å². The fourth-order valence-electron chi connectivity index (χ4n) is 1.50. The van der Waals surface area contributed by atoms with Crippen LogP contribution >= 0.6 is 11.6 Å². The fourth-order valence-corrected chi connectivity index (χ4v) is 1.63. The van der Waals surface area contributed by atoms with Gasteiger partial charge in [0, 0.05) is 17.1 Å². The Bertz CT molecular complexity index is 536. The molecular weight excluding hydrogens is 224 g/mol. The van der Waals surface area contributed by atoms with Crippen molar-refractivity contribution in [2.45, 2.75) is 13.5 Å². The summed E-state index contributed by atoms with van der Waals surface area (Å²) in [4.78, 5) is 0. The Morgan fingerprint density at radius 2 is 2.06 bits per heavy atom. The van der Waals surface area contributed by atoms with Crippen molar-refractivity contribution < 1.29 is 0 Å². The molecule has 0 saturated carbocycles. The van der Waals surface area contributed by atoms with Crippen LogP contribution in [-0.2, 0) is 6.54 Å². The lowest BCUT2D eigenvalue weighted by Gasteiger charge is -2.03. The van der Waals surface area contributed by atoms with Gasteiger partial charge in [0.1, 0.15) is 11.8 Å². The molecule has 1 aromatic carbocycles. The third-order valence-corrected chi connectivity index (χ3v) is 2.51. The summed E-state index contributed by atoms with van der Waals surface area (Å²) in [5, 5.41) is 17.4. The SMILES string of the molecule is CCn1nnc(C#N)c1-c1ccc(Cl)cc1. The van der Waals surface area contributed by atoms with Gasteiger partial charge in [0.2, 0.25) is 0 Å². The standard InChI is InChI=1S/C11H9ClN4/c1-2-16-11(10(7-13)14-15-16)8-3-5-9(12)6-4-8/h3-6H,2H2,1H3. The van der Waals surface area contributed by atoms with Gasteiger partial charge in [0.15, 0.2) is 5.69 Å². The molecule has 0 N–H and O–H groups in total. The first-order valence-corrected chi connectivity index (χ1v) is 5.23. The van der Waals surface area contributed by atoms with E-state index in [9.17, 15) is 0 Å². The van der Waals surface area contributed by atoms with Crippen LogP contribution < -0.4 is 0 Å². The van der Waals surface area contributed by atoms with Crippen molar-refractivity contribution in [3.05, 3.63) is 35.0 Å². The third kappa shape index (κ3) is 1.77. The molecule has 0 aliphatic heterocycles. The molecule has 0 fully saturated rings. The first-order chi connectivity index (χ1) is 7.76. The van der Waals surface area contributed by atoms with Gasteiger partial charge in [-0.3, -0.25) is 0 Å². The number of halogens is 1. The fraction of sp³-hybridized carbons (Fsp3) is 0.182. The maximum Gasteiger partial charge on any atom is 0.190 e. The second-order valence-electron chi connectivity index (χ2n) is 3.22. The molecule has 0 aliphatic rings. The van der Waals surface area contributed by atoms with Crippen molar-refractivity contribution in [1.82, 2.24) is 15.0 Å². The summed E-state index contributed by atoms with van der Waals surface area (Å²) in [6.45, 7) is 2.63. The Kier molecular flexibility index (Phi) is 2.88. The van der Waals surface area contributed by atoms with E-state index in [1.165, 1.54) is 0 Å². The van der Waals surface area contributed by atoms with Crippen molar-refractivity contribution in [3.63, 3.8) is 0 Å². The number of aryl methyl sites for hydroxylation is 1. The van der Waals surface area contributed by atoms with Gasteiger partial charge in [-0.25, -0.2) is 4.68 Å². The normalized spacial score (nSPS) is 10.1. The van der Waals surface area contributed by atoms with Gasteiger partial charge in [-0.15, -0.1) is 5.10 Å². The van der Waals surface area contributed by atoms with E-state index >= 15 is 0 Å². The Balaban J connectivity index is 2.58. The summed E-state index contributed by atoms with van der Waals surface area (Å²) in [6.07, 6.45) is 0. The minimum Gasteiger partial charge on any atom is -0.244 e. The zero-order valence-corrected chi connectivity index (χ0v) is 9.44. The molecule has 0 aliphatic carbocycles. The predicted molar refractivity (Wildman–Crippen MR) is 60.9 cm³/mol. The zero-order chi connectivity index (χ0) is 11.5. The lowest BCUT2D eigenvalue weighted by atomic mass is 10.1. The second-order valence-corrected chi connectivity index (χ2v) is 3.66. The van der Waals surface area contributed by atoms with Crippen LogP contribution in [0.2, 0.25) is 5.02 Å². The van der Waals surface area contributed by atoms with Crippen LogP contribution in [0.5, 0.6) is 0 Å². The van der Waals surface area contributed by atoms with Crippen LogP contribution in [0.1, 0.15) is 12.6 Å². The molecule has 2 rings (SSSR count). The minimum absolute atomic E-state index is 0.337. The van der Waals surface area contributed by atoms with E-state index in [0.717, 1.165) is 11.3 Å². The van der Waals surface area contributed by atoms with Crippen molar-refractivity contribution in [3.8, 4) is 17.3 Å². The van der Waals surface area contributed by atoms with Crippen LogP contribution in [-0.4, -0.2) is 15.0 Å². The summed E-state index contributed by atoms with van der Waals surface area (Å²) in [5.41, 5.74) is 1.97. The number of nitriles is 1. The van der Waals surface area contributed by atoms with Crippen LogP contribution in [0.4, 0.5) is 0 Å². The van der Waals surface area contributed by atoms with Gasteiger partial charge >= 0.3 is 0 Å². The topological polar surface area (TPSA) is 54.5 Å². The summed E-state index contributed by atoms with van der Waals surface area (Å²) in [7, 11) is 0. The molecule has 0 unspecified atom stereocenters. The maximum absolute atomic E-state index is 8.95. The molecular formula is C11H9ClN4. The molecule has 5 heteroatoms. The monoisotopic (exact) mass is 232 g/mol. The zero-order valence-electron chi connectivity index (χ0n) is 8.68. The van der Waals surface area contributed by atoms with Crippen LogP contribution in [0, 0.1) is 11.3 Å². The highest BCUT2D eigenvalue weighted by Crippen LogP contribution is 2.23.